The van der Waals surface area contributed by atoms with E-state index < -0.39 is 0 Å². The molecule has 0 aromatic rings. The van der Waals surface area contributed by atoms with E-state index >= 15 is 0 Å². The summed E-state index contributed by atoms with van der Waals surface area (Å²) in [5.41, 5.74) is 0. The number of unbranched alkanes of at least 4 members (excludes halogenated alkanes) is 14. The fraction of sp³-hybridized carbons (Fsp3) is 1.00. The van der Waals surface area contributed by atoms with Gasteiger partial charge in [-0.15, -0.1) is 0 Å². The first-order valence-corrected chi connectivity index (χ1v) is 14.8. The van der Waals surface area contributed by atoms with Gasteiger partial charge in [0.1, 0.15) is 0 Å². The van der Waals surface area contributed by atoms with Gasteiger partial charge in [0.25, 0.3) is 0 Å². The Bertz CT molecular complexity index is 325. The van der Waals surface area contributed by atoms with Crippen LogP contribution in [0.5, 0.6) is 0 Å². The molecule has 0 aliphatic rings. The maximum absolute atomic E-state index is 9.70. The van der Waals surface area contributed by atoms with E-state index in [1.807, 2.05) is 6.92 Å². The van der Waals surface area contributed by atoms with Crippen molar-refractivity contribution in [3.8, 4) is 0 Å². The maximum Gasteiger partial charge on any atom is 0.0524 e. The molecule has 0 bridgehead atoms. The van der Waals surface area contributed by atoms with Crippen LogP contribution in [0.1, 0.15) is 157 Å². The van der Waals surface area contributed by atoms with Crippen LogP contribution in [0.3, 0.4) is 0 Å². The third kappa shape index (κ3) is 26.2. The molecular formula is C30H63NO. The van der Waals surface area contributed by atoms with Crippen molar-refractivity contribution in [3.63, 3.8) is 0 Å². The minimum atomic E-state index is -0.163. The van der Waals surface area contributed by atoms with Gasteiger partial charge in [-0.1, -0.05) is 130 Å². The molecule has 2 nitrogen and oxygen atoms in total. The molecule has 194 valence electrons. The second kappa shape index (κ2) is 24.1. The summed E-state index contributed by atoms with van der Waals surface area (Å²) in [5, 5.41) is 9.70. The predicted molar refractivity (Wildman–Crippen MR) is 146 cm³/mol. The Labute approximate surface area is 204 Å². The number of hydrogen-bond donors (Lipinski definition) is 1. The Morgan fingerprint density at radius 1 is 0.406 bits per heavy atom. The van der Waals surface area contributed by atoms with E-state index in [1.165, 1.54) is 129 Å². The summed E-state index contributed by atoms with van der Waals surface area (Å²) in [4.78, 5) is 2.63. The highest BCUT2D eigenvalue weighted by molar-refractivity contribution is 4.62. The zero-order valence-electron chi connectivity index (χ0n) is 23.2. The molecule has 0 aliphatic carbocycles. The summed E-state index contributed by atoms with van der Waals surface area (Å²) >= 11 is 0. The molecule has 0 aromatic heterocycles. The van der Waals surface area contributed by atoms with Crippen LogP contribution in [0.15, 0.2) is 0 Å². The summed E-state index contributed by atoms with van der Waals surface area (Å²) in [6.45, 7) is 14.8. The van der Waals surface area contributed by atoms with Gasteiger partial charge in [0.05, 0.1) is 6.10 Å². The van der Waals surface area contributed by atoms with Gasteiger partial charge in [-0.2, -0.15) is 0 Å². The molecule has 0 saturated heterocycles. The molecule has 0 rings (SSSR count). The molecule has 0 heterocycles. The van der Waals surface area contributed by atoms with Crippen LogP contribution in [0.25, 0.3) is 0 Å². The van der Waals surface area contributed by atoms with Gasteiger partial charge < -0.3 is 10.0 Å². The highest BCUT2D eigenvalue weighted by Crippen LogP contribution is 2.14. The van der Waals surface area contributed by atoms with Crippen LogP contribution in [-0.4, -0.2) is 35.7 Å². The first kappa shape index (κ1) is 31.9. The van der Waals surface area contributed by atoms with Crippen LogP contribution >= 0.6 is 0 Å². The summed E-state index contributed by atoms with van der Waals surface area (Å²) in [7, 11) is 0. The topological polar surface area (TPSA) is 23.5 Å². The molecule has 0 saturated carbocycles. The fourth-order valence-electron chi connectivity index (χ4n) is 4.60. The van der Waals surface area contributed by atoms with E-state index in [2.05, 4.69) is 32.6 Å². The van der Waals surface area contributed by atoms with Crippen LogP contribution in [0.2, 0.25) is 0 Å². The molecule has 0 spiro atoms. The average Bonchev–Trinajstić information content (AvgIpc) is 2.73. The molecule has 1 unspecified atom stereocenters. The fourth-order valence-corrected chi connectivity index (χ4v) is 4.60. The van der Waals surface area contributed by atoms with E-state index in [-0.39, 0.29) is 6.10 Å². The Hall–Kier alpha value is -0.0800. The molecule has 0 aromatic carbocycles. The minimum absolute atomic E-state index is 0.163. The van der Waals surface area contributed by atoms with Crippen molar-refractivity contribution in [2.24, 2.45) is 11.8 Å². The third-order valence-electron chi connectivity index (χ3n) is 6.87. The number of hydrogen-bond acceptors (Lipinski definition) is 2. The highest BCUT2D eigenvalue weighted by atomic mass is 16.3. The van der Waals surface area contributed by atoms with Crippen molar-refractivity contribution in [3.05, 3.63) is 0 Å². The Kier molecular flexibility index (Phi) is 24.0. The summed E-state index contributed by atoms with van der Waals surface area (Å²) in [5.74, 6) is 1.74. The summed E-state index contributed by atoms with van der Waals surface area (Å²) < 4.78 is 0. The number of rotatable bonds is 25. The maximum atomic E-state index is 9.70. The van der Waals surface area contributed by atoms with Crippen molar-refractivity contribution < 1.29 is 5.11 Å². The summed E-state index contributed by atoms with van der Waals surface area (Å²) in [6.07, 6.45) is 26.1. The van der Waals surface area contributed by atoms with Crippen molar-refractivity contribution in [2.45, 2.75) is 163 Å². The van der Waals surface area contributed by atoms with Crippen LogP contribution in [0, 0.1) is 11.8 Å². The average molecular weight is 454 g/mol. The minimum Gasteiger partial charge on any atom is -0.393 e. The van der Waals surface area contributed by atoms with Gasteiger partial charge in [0.2, 0.25) is 0 Å². The van der Waals surface area contributed by atoms with E-state index in [0.29, 0.717) is 0 Å². The van der Waals surface area contributed by atoms with Gasteiger partial charge in [0, 0.05) is 6.54 Å². The zero-order valence-corrected chi connectivity index (χ0v) is 23.2. The van der Waals surface area contributed by atoms with Crippen molar-refractivity contribution >= 4 is 0 Å². The Balaban J connectivity index is 3.66. The molecule has 0 aliphatic heterocycles. The van der Waals surface area contributed by atoms with Crippen LogP contribution < -0.4 is 0 Å². The largest absolute Gasteiger partial charge is 0.393 e. The number of nitrogens with zero attached hydrogens (tertiary/aromatic N) is 1. The van der Waals surface area contributed by atoms with E-state index in [4.69, 9.17) is 0 Å². The molecule has 0 amide bonds. The van der Waals surface area contributed by atoms with Gasteiger partial charge in [-0.25, -0.2) is 0 Å². The lowest BCUT2D eigenvalue weighted by atomic mass is 10.0. The van der Waals surface area contributed by atoms with E-state index in [9.17, 15) is 5.11 Å². The monoisotopic (exact) mass is 453 g/mol. The molecule has 32 heavy (non-hydrogen) atoms. The third-order valence-corrected chi connectivity index (χ3v) is 6.87. The van der Waals surface area contributed by atoms with Crippen molar-refractivity contribution in [2.75, 3.05) is 19.6 Å². The second-order valence-corrected chi connectivity index (χ2v) is 11.5. The van der Waals surface area contributed by atoms with Gasteiger partial charge in [-0.3, -0.25) is 0 Å². The number of aliphatic hydroxyl groups excluding tert-OH is 1. The second-order valence-electron chi connectivity index (χ2n) is 11.5. The first-order chi connectivity index (χ1) is 15.4. The highest BCUT2D eigenvalue weighted by Gasteiger charge is 2.07. The lowest BCUT2D eigenvalue weighted by Gasteiger charge is -2.23. The first-order valence-electron chi connectivity index (χ1n) is 14.8. The van der Waals surface area contributed by atoms with Crippen LogP contribution in [0.4, 0.5) is 0 Å². The predicted octanol–water partition coefficient (Wildman–Crippen LogP) is 9.39. The number of aliphatic hydroxyl groups is 1. The molecule has 1 atom stereocenters. The Morgan fingerprint density at radius 3 is 1.03 bits per heavy atom. The van der Waals surface area contributed by atoms with Gasteiger partial charge >= 0.3 is 0 Å². The van der Waals surface area contributed by atoms with Gasteiger partial charge in [-0.05, 0) is 51.1 Å². The zero-order chi connectivity index (χ0) is 23.9. The van der Waals surface area contributed by atoms with E-state index in [1.54, 1.807) is 0 Å². The normalized spacial score (nSPS) is 13.0. The van der Waals surface area contributed by atoms with Gasteiger partial charge in [0.15, 0.2) is 0 Å². The standard InChI is InChI=1S/C30H63NO/c1-28(2)22-18-14-10-6-8-12-16-20-25-31(27-24-30(5)32)26-21-17-13-9-7-11-15-19-23-29(3)4/h28-30,32H,6-27H2,1-5H3. The Morgan fingerprint density at radius 2 is 0.719 bits per heavy atom. The molecule has 2 heteroatoms. The summed E-state index contributed by atoms with van der Waals surface area (Å²) in [6, 6.07) is 0. The van der Waals surface area contributed by atoms with Crippen molar-refractivity contribution in [1.82, 2.24) is 4.90 Å². The lowest BCUT2D eigenvalue weighted by Crippen LogP contribution is -2.29. The lowest BCUT2D eigenvalue weighted by molar-refractivity contribution is 0.154. The molecule has 0 fully saturated rings. The molecule has 1 N–H and O–H groups in total. The molecular weight excluding hydrogens is 390 g/mol. The van der Waals surface area contributed by atoms with Crippen LogP contribution in [-0.2, 0) is 0 Å². The smallest absolute Gasteiger partial charge is 0.0524 e. The van der Waals surface area contributed by atoms with E-state index in [0.717, 1.165) is 24.8 Å². The molecule has 0 radical (unpaired) electrons. The van der Waals surface area contributed by atoms with Crippen molar-refractivity contribution in [1.29, 1.82) is 0 Å². The quantitative estimate of drug-likeness (QED) is 0.139. The SMILES string of the molecule is CC(C)CCCCCCCCCCN(CCCCCCCCCCC(C)C)CCC(C)O.